The predicted molar refractivity (Wildman–Crippen MR) is 132 cm³/mol. The molecule has 0 saturated carbocycles. The molecule has 4 amide bonds. The van der Waals surface area contributed by atoms with Gasteiger partial charge < -0.3 is 41.9 Å². The molecule has 3 rings (SSSR count). The molecule has 0 radical (unpaired) electrons. The maximum Gasteiger partial charge on any atom is 0.326 e. The van der Waals surface area contributed by atoms with Gasteiger partial charge in [0.25, 0.3) is 0 Å². The van der Waals surface area contributed by atoms with E-state index >= 15 is 0 Å². The van der Waals surface area contributed by atoms with Gasteiger partial charge in [0, 0.05) is 19.6 Å². The van der Waals surface area contributed by atoms with E-state index in [2.05, 4.69) is 21.3 Å². The molecule has 0 aromatic carbocycles. The van der Waals surface area contributed by atoms with Crippen LogP contribution in [0.15, 0.2) is 0 Å². The number of guanidine groups is 1. The first kappa shape index (κ1) is 28.2. The molecule has 206 valence electrons. The molecular formula is C23H38N8O6. The molecule has 0 aromatic rings. The van der Waals surface area contributed by atoms with Gasteiger partial charge in [-0.15, -0.1) is 0 Å². The number of carbonyl (C=O) groups excluding carboxylic acids is 4. The van der Waals surface area contributed by atoms with Gasteiger partial charge in [0.15, 0.2) is 5.96 Å². The third-order valence-electron chi connectivity index (χ3n) is 7.09. The van der Waals surface area contributed by atoms with E-state index in [0.717, 1.165) is 13.0 Å². The number of hydrogen-bond donors (Lipinski definition) is 7. The number of rotatable bonds is 11. The first-order chi connectivity index (χ1) is 17.7. The monoisotopic (exact) mass is 522 g/mol. The van der Waals surface area contributed by atoms with Gasteiger partial charge in [-0.2, -0.15) is 0 Å². The number of nitrogens with two attached hydrogens (primary N) is 1. The Morgan fingerprint density at radius 1 is 0.973 bits per heavy atom. The number of carbonyl (C=O) groups is 5. The first-order valence-corrected chi connectivity index (χ1v) is 12.9. The van der Waals surface area contributed by atoms with Gasteiger partial charge in [-0.05, 0) is 57.9 Å². The Balaban J connectivity index is 1.61. The van der Waals surface area contributed by atoms with Crippen LogP contribution in [-0.2, 0) is 24.0 Å². The summed E-state index contributed by atoms with van der Waals surface area (Å²) in [7, 11) is 0. The summed E-state index contributed by atoms with van der Waals surface area (Å²) in [6.07, 6.45) is 4.15. The van der Waals surface area contributed by atoms with Crippen molar-refractivity contribution in [2.24, 2.45) is 5.73 Å². The van der Waals surface area contributed by atoms with Gasteiger partial charge in [-0.3, -0.25) is 24.6 Å². The van der Waals surface area contributed by atoms with Gasteiger partial charge in [-0.25, -0.2) is 4.79 Å². The second-order valence-corrected chi connectivity index (χ2v) is 9.68. The lowest BCUT2D eigenvalue weighted by molar-refractivity contribution is -0.149. The highest BCUT2D eigenvalue weighted by atomic mass is 16.4. The molecule has 3 aliphatic heterocycles. The van der Waals surface area contributed by atoms with Crippen LogP contribution in [0.1, 0.15) is 51.4 Å². The van der Waals surface area contributed by atoms with Crippen LogP contribution < -0.4 is 27.0 Å². The third kappa shape index (κ3) is 7.54. The second kappa shape index (κ2) is 13.2. The van der Waals surface area contributed by atoms with E-state index < -0.39 is 35.9 Å². The minimum absolute atomic E-state index is 0.207. The molecular weight excluding hydrogens is 484 g/mol. The Morgan fingerprint density at radius 2 is 1.68 bits per heavy atom. The normalized spacial score (nSPS) is 23.9. The van der Waals surface area contributed by atoms with Crippen LogP contribution in [0.3, 0.4) is 0 Å². The minimum Gasteiger partial charge on any atom is -0.480 e. The van der Waals surface area contributed by atoms with Crippen molar-refractivity contribution in [3.8, 4) is 0 Å². The minimum atomic E-state index is -1.09. The lowest BCUT2D eigenvalue weighted by atomic mass is 10.1. The molecule has 3 heterocycles. The van der Waals surface area contributed by atoms with E-state index in [1.807, 2.05) is 0 Å². The largest absolute Gasteiger partial charge is 0.480 e. The highest BCUT2D eigenvalue weighted by Crippen LogP contribution is 2.21. The molecule has 14 heteroatoms. The molecule has 0 bridgehead atoms. The van der Waals surface area contributed by atoms with Gasteiger partial charge in [0.05, 0.1) is 12.6 Å². The SMILES string of the molecule is N=C(N)NCCC[C@H](NC(=O)[C@@H]1CCCN1C(=O)CNC(=O)[C@@H]1CCCN1)C(=O)N1CCC[C@H]1C(=O)O. The second-order valence-electron chi connectivity index (χ2n) is 9.68. The number of hydrogen-bond acceptors (Lipinski definition) is 7. The number of carboxylic acid groups (broad SMARTS) is 1. The van der Waals surface area contributed by atoms with Crippen molar-refractivity contribution in [1.29, 1.82) is 5.41 Å². The third-order valence-corrected chi connectivity index (χ3v) is 7.09. The Bertz CT molecular complexity index is 892. The van der Waals surface area contributed by atoms with Crippen LogP contribution in [0.25, 0.3) is 0 Å². The van der Waals surface area contributed by atoms with Crippen molar-refractivity contribution in [2.45, 2.75) is 75.5 Å². The van der Waals surface area contributed by atoms with Crippen molar-refractivity contribution in [3.05, 3.63) is 0 Å². The van der Waals surface area contributed by atoms with Crippen molar-refractivity contribution in [1.82, 2.24) is 31.1 Å². The first-order valence-electron chi connectivity index (χ1n) is 12.9. The molecule has 0 spiro atoms. The summed E-state index contributed by atoms with van der Waals surface area (Å²) in [6.45, 7) is 1.50. The van der Waals surface area contributed by atoms with Crippen LogP contribution in [-0.4, -0.2) is 107 Å². The van der Waals surface area contributed by atoms with Crippen LogP contribution in [0, 0.1) is 5.41 Å². The van der Waals surface area contributed by atoms with E-state index in [0.29, 0.717) is 51.6 Å². The van der Waals surface area contributed by atoms with E-state index in [-0.39, 0.29) is 43.3 Å². The zero-order valence-electron chi connectivity index (χ0n) is 21.0. The lowest BCUT2D eigenvalue weighted by Crippen LogP contribution is -2.56. The highest BCUT2D eigenvalue weighted by Gasteiger charge is 2.40. The molecule has 0 aromatic heterocycles. The Hall–Kier alpha value is -3.42. The summed E-state index contributed by atoms with van der Waals surface area (Å²) in [5.74, 6) is -2.88. The zero-order chi connectivity index (χ0) is 26.9. The fraction of sp³-hybridized carbons (Fsp3) is 0.739. The van der Waals surface area contributed by atoms with E-state index in [4.69, 9.17) is 11.1 Å². The molecule has 0 aliphatic carbocycles. The number of carboxylic acids is 1. The summed E-state index contributed by atoms with van der Waals surface area (Å²) in [5.41, 5.74) is 5.30. The number of nitrogens with one attached hydrogen (secondary N) is 5. The number of amides is 4. The molecule has 0 unspecified atom stereocenters. The highest BCUT2D eigenvalue weighted by molar-refractivity contribution is 5.95. The fourth-order valence-electron chi connectivity index (χ4n) is 5.18. The lowest BCUT2D eigenvalue weighted by Gasteiger charge is -2.30. The van der Waals surface area contributed by atoms with Crippen molar-refractivity contribution in [2.75, 3.05) is 32.7 Å². The maximum absolute atomic E-state index is 13.3. The number of likely N-dealkylation sites (tertiary alicyclic amines) is 2. The topological polar surface area (TPSA) is 210 Å². The molecule has 8 N–H and O–H groups in total. The number of nitrogens with zero attached hydrogens (tertiary/aromatic N) is 2. The molecule has 3 aliphatic rings. The van der Waals surface area contributed by atoms with E-state index in [9.17, 15) is 29.1 Å². The maximum atomic E-state index is 13.3. The van der Waals surface area contributed by atoms with Gasteiger partial charge in [-0.1, -0.05) is 0 Å². The zero-order valence-corrected chi connectivity index (χ0v) is 21.0. The van der Waals surface area contributed by atoms with Gasteiger partial charge >= 0.3 is 5.97 Å². The Morgan fingerprint density at radius 3 is 2.32 bits per heavy atom. The Kier molecular flexibility index (Phi) is 10.1. The number of aliphatic carboxylic acids is 1. The van der Waals surface area contributed by atoms with Gasteiger partial charge in [0.2, 0.25) is 23.6 Å². The average Bonchev–Trinajstić information content (AvgIpc) is 3.64. The standard InChI is InChI=1S/C23H38N8O6/c24-23(25)27-10-2-6-15(21(35)31-12-4-8-17(31)22(36)37)29-20(34)16-7-3-11-30(16)18(32)13-28-19(33)14-5-1-9-26-14/h14-17,26H,1-13H2,(H,28,33)(H,29,34)(H,36,37)(H4,24,25,27)/t14-,15-,16-,17-/m0/s1. The molecule has 37 heavy (non-hydrogen) atoms. The summed E-state index contributed by atoms with van der Waals surface area (Å²) in [5, 5.41) is 27.9. The summed E-state index contributed by atoms with van der Waals surface area (Å²) in [6, 6.07) is -3.01. The molecule has 4 atom stereocenters. The van der Waals surface area contributed by atoms with Crippen LogP contribution >= 0.6 is 0 Å². The summed E-state index contributed by atoms with van der Waals surface area (Å²) in [4.78, 5) is 65.9. The molecule has 3 fully saturated rings. The molecule has 14 nitrogen and oxygen atoms in total. The van der Waals surface area contributed by atoms with Crippen LogP contribution in [0.5, 0.6) is 0 Å². The van der Waals surface area contributed by atoms with Crippen molar-refractivity contribution < 1.29 is 29.1 Å². The van der Waals surface area contributed by atoms with Gasteiger partial charge in [0.1, 0.15) is 18.1 Å². The molecule has 3 saturated heterocycles. The Labute approximate surface area is 215 Å². The van der Waals surface area contributed by atoms with E-state index in [1.54, 1.807) is 0 Å². The smallest absolute Gasteiger partial charge is 0.326 e. The van der Waals surface area contributed by atoms with Crippen LogP contribution in [0.4, 0.5) is 0 Å². The average molecular weight is 523 g/mol. The fourth-order valence-corrected chi connectivity index (χ4v) is 5.18. The van der Waals surface area contributed by atoms with Crippen LogP contribution in [0.2, 0.25) is 0 Å². The summed E-state index contributed by atoms with van der Waals surface area (Å²) < 4.78 is 0. The predicted octanol–water partition coefficient (Wildman–Crippen LogP) is -2.33. The van der Waals surface area contributed by atoms with Crippen molar-refractivity contribution in [3.63, 3.8) is 0 Å². The van der Waals surface area contributed by atoms with Crippen molar-refractivity contribution >= 4 is 35.6 Å². The summed E-state index contributed by atoms with van der Waals surface area (Å²) >= 11 is 0. The quantitative estimate of drug-likeness (QED) is 0.0880. The van der Waals surface area contributed by atoms with E-state index in [1.165, 1.54) is 9.80 Å².